The van der Waals surface area contributed by atoms with Crippen molar-refractivity contribution in [2.75, 3.05) is 26.6 Å². The molecule has 0 saturated carbocycles. The molecule has 0 aliphatic carbocycles. The number of imidazole rings is 1. The average Bonchev–Trinajstić information content (AvgIpc) is 3.16. The number of nitrogens with zero attached hydrogens (tertiary/aromatic N) is 2. The third kappa shape index (κ3) is 3.22. The lowest BCUT2D eigenvalue weighted by atomic mass is 9.89. The van der Waals surface area contributed by atoms with Crippen molar-refractivity contribution in [3.05, 3.63) is 54.0 Å². The third-order valence-electron chi connectivity index (χ3n) is 5.02. The van der Waals surface area contributed by atoms with Crippen molar-refractivity contribution < 1.29 is 24.1 Å². The second-order valence-corrected chi connectivity index (χ2v) is 6.62. The molecule has 2 heterocycles. The first-order valence-corrected chi connectivity index (χ1v) is 9.02. The molecule has 2 N–H and O–H groups in total. The van der Waals surface area contributed by atoms with Crippen molar-refractivity contribution in [2.45, 2.75) is 12.3 Å². The topological polar surface area (TPSA) is 94.8 Å². The Morgan fingerprint density at radius 1 is 1.07 bits per heavy atom. The Morgan fingerprint density at radius 2 is 1.86 bits per heavy atom. The molecule has 1 atom stereocenters. The number of carbonyl (C=O) groups is 1. The molecule has 8 nitrogen and oxygen atoms in total. The summed E-state index contributed by atoms with van der Waals surface area (Å²) in [5.74, 6) is 1.85. The van der Waals surface area contributed by atoms with Gasteiger partial charge >= 0.3 is 0 Å². The summed E-state index contributed by atoms with van der Waals surface area (Å²) in [4.78, 5) is 17.1. The molecular formula is C21H21N3O5. The molecule has 1 aliphatic rings. The van der Waals surface area contributed by atoms with Crippen LogP contribution in [0.5, 0.6) is 23.0 Å². The second-order valence-electron chi connectivity index (χ2n) is 6.62. The summed E-state index contributed by atoms with van der Waals surface area (Å²) in [7, 11) is 4.66. The maximum Gasteiger partial charge on any atom is 0.226 e. The first-order valence-electron chi connectivity index (χ1n) is 9.02. The number of aromatic nitrogens is 2. The molecule has 0 saturated heterocycles. The van der Waals surface area contributed by atoms with Gasteiger partial charge < -0.3 is 24.6 Å². The second kappa shape index (κ2) is 7.38. The molecule has 150 valence electrons. The predicted molar refractivity (Wildman–Crippen MR) is 106 cm³/mol. The smallest absolute Gasteiger partial charge is 0.226 e. The third-order valence-corrected chi connectivity index (χ3v) is 5.02. The zero-order valence-corrected chi connectivity index (χ0v) is 16.3. The first kappa shape index (κ1) is 18.7. The van der Waals surface area contributed by atoms with Gasteiger partial charge in [-0.15, -0.1) is 0 Å². The number of ether oxygens (including phenoxy) is 3. The summed E-state index contributed by atoms with van der Waals surface area (Å²) < 4.78 is 17.8. The fraction of sp³-hybridized carbons (Fsp3) is 0.238. The van der Waals surface area contributed by atoms with Crippen LogP contribution < -0.4 is 19.5 Å². The van der Waals surface area contributed by atoms with E-state index in [1.54, 1.807) is 55.4 Å². The van der Waals surface area contributed by atoms with E-state index in [4.69, 9.17) is 14.2 Å². The minimum atomic E-state index is -0.272. The van der Waals surface area contributed by atoms with Gasteiger partial charge in [0.15, 0.2) is 11.5 Å². The number of benzene rings is 2. The van der Waals surface area contributed by atoms with Crippen LogP contribution in [-0.4, -0.2) is 41.9 Å². The van der Waals surface area contributed by atoms with E-state index in [-0.39, 0.29) is 24.0 Å². The molecule has 29 heavy (non-hydrogen) atoms. The molecule has 0 bridgehead atoms. The lowest BCUT2D eigenvalue weighted by molar-refractivity contribution is -0.116. The fourth-order valence-electron chi connectivity index (χ4n) is 3.56. The van der Waals surface area contributed by atoms with Gasteiger partial charge in [0.05, 0.1) is 32.7 Å². The van der Waals surface area contributed by atoms with Crippen LogP contribution in [0.1, 0.15) is 23.6 Å². The number of nitrogens with one attached hydrogen (secondary N) is 1. The Morgan fingerprint density at radius 3 is 2.59 bits per heavy atom. The molecular weight excluding hydrogens is 374 g/mol. The van der Waals surface area contributed by atoms with Crippen molar-refractivity contribution in [3.63, 3.8) is 0 Å². The standard InChI is InChI=1S/C21H21N3O5/c1-27-13-5-7-17(28-2)15(9-13)24-11-22-20-14(10-19(26)23-21(20)24)12-4-6-16(25)18(8-12)29-3/h4-9,11,14,25H,10H2,1-3H3,(H,23,26)/t14-/m0/s1. The minimum absolute atomic E-state index is 0.0448. The van der Waals surface area contributed by atoms with Gasteiger partial charge in [-0.3, -0.25) is 9.36 Å². The summed E-state index contributed by atoms with van der Waals surface area (Å²) in [6.07, 6.45) is 1.89. The molecule has 1 amide bonds. The summed E-state index contributed by atoms with van der Waals surface area (Å²) in [5, 5.41) is 12.8. The van der Waals surface area contributed by atoms with Crippen molar-refractivity contribution in [1.82, 2.24) is 9.55 Å². The van der Waals surface area contributed by atoms with Crippen LogP contribution in [0.4, 0.5) is 5.82 Å². The van der Waals surface area contributed by atoms with Crippen LogP contribution in [-0.2, 0) is 4.79 Å². The summed E-state index contributed by atoms with van der Waals surface area (Å²) in [6.45, 7) is 0. The Kier molecular flexibility index (Phi) is 4.75. The van der Waals surface area contributed by atoms with E-state index in [9.17, 15) is 9.90 Å². The van der Waals surface area contributed by atoms with E-state index in [1.165, 1.54) is 7.11 Å². The van der Waals surface area contributed by atoms with Crippen LogP contribution in [0.2, 0.25) is 0 Å². The number of phenolic OH excluding ortho intramolecular Hbond substituents is 1. The number of aromatic hydroxyl groups is 1. The number of fused-ring (bicyclic) bond motifs is 1. The van der Waals surface area contributed by atoms with Gasteiger partial charge in [0.2, 0.25) is 5.91 Å². The SMILES string of the molecule is COc1ccc(OC)c(-n2cnc3c2NC(=O)C[C@H]3c2ccc(O)c(OC)c2)c1. The molecule has 0 spiro atoms. The van der Waals surface area contributed by atoms with Gasteiger partial charge in [-0.25, -0.2) is 4.98 Å². The predicted octanol–water partition coefficient (Wildman–Crippen LogP) is 3.08. The lowest BCUT2D eigenvalue weighted by Crippen LogP contribution is -2.25. The van der Waals surface area contributed by atoms with E-state index in [0.29, 0.717) is 28.8 Å². The van der Waals surface area contributed by atoms with Crippen molar-refractivity contribution >= 4 is 11.7 Å². The monoisotopic (exact) mass is 395 g/mol. The number of amides is 1. The van der Waals surface area contributed by atoms with Crippen molar-refractivity contribution in [2.24, 2.45) is 0 Å². The molecule has 0 unspecified atom stereocenters. The Labute approximate surface area is 167 Å². The molecule has 3 aromatic rings. The number of methoxy groups -OCH3 is 3. The van der Waals surface area contributed by atoms with Crippen LogP contribution >= 0.6 is 0 Å². The van der Waals surface area contributed by atoms with E-state index in [2.05, 4.69) is 10.3 Å². The van der Waals surface area contributed by atoms with Gasteiger partial charge in [-0.2, -0.15) is 0 Å². The largest absolute Gasteiger partial charge is 0.504 e. The van der Waals surface area contributed by atoms with Gasteiger partial charge in [0, 0.05) is 18.4 Å². The number of hydrogen-bond donors (Lipinski definition) is 2. The summed E-state index contributed by atoms with van der Waals surface area (Å²) in [6, 6.07) is 10.5. The van der Waals surface area contributed by atoms with Gasteiger partial charge in [0.1, 0.15) is 23.6 Å². The van der Waals surface area contributed by atoms with Gasteiger partial charge in [0.25, 0.3) is 0 Å². The Bertz CT molecular complexity index is 1080. The van der Waals surface area contributed by atoms with Gasteiger partial charge in [-0.05, 0) is 29.8 Å². The quantitative estimate of drug-likeness (QED) is 0.689. The number of anilines is 1. The van der Waals surface area contributed by atoms with E-state index in [0.717, 1.165) is 11.3 Å². The molecule has 8 heteroatoms. The maximum atomic E-state index is 12.5. The fourth-order valence-corrected chi connectivity index (χ4v) is 3.56. The molecule has 1 aliphatic heterocycles. The van der Waals surface area contributed by atoms with Crippen molar-refractivity contribution in [3.8, 4) is 28.7 Å². The molecule has 1 aromatic heterocycles. The number of phenols is 1. The normalized spacial score (nSPS) is 15.4. The highest BCUT2D eigenvalue weighted by atomic mass is 16.5. The van der Waals surface area contributed by atoms with Crippen LogP contribution in [0.15, 0.2) is 42.7 Å². The summed E-state index contributed by atoms with van der Waals surface area (Å²) in [5.41, 5.74) is 2.26. The van der Waals surface area contributed by atoms with Crippen LogP contribution in [0.3, 0.4) is 0 Å². The number of hydrogen-bond acceptors (Lipinski definition) is 6. The highest BCUT2D eigenvalue weighted by Crippen LogP contribution is 2.41. The molecule has 0 radical (unpaired) electrons. The number of carbonyl (C=O) groups excluding carboxylic acids is 1. The lowest BCUT2D eigenvalue weighted by Gasteiger charge is -2.24. The number of rotatable bonds is 5. The van der Waals surface area contributed by atoms with Crippen LogP contribution in [0, 0.1) is 0 Å². The molecule has 4 rings (SSSR count). The first-order chi connectivity index (χ1) is 14.0. The minimum Gasteiger partial charge on any atom is -0.504 e. The molecule has 2 aromatic carbocycles. The Hall–Kier alpha value is -3.68. The van der Waals surface area contributed by atoms with E-state index in [1.807, 2.05) is 6.07 Å². The average molecular weight is 395 g/mol. The van der Waals surface area contributed by atoms with E-state index < -0.39 is 0 Å². The maximum absolute atomic E-state index is 12.5. The zero-order valence-electron chi connectivity index (χ0n) is 16.3. The summed E-state index contributed by atoms with van der Waals surface area (Å²) >= 11 is 0. The zero-order chi connectivity index (χ0) is 20.5. The van der Waals surface area contributed by atoms with Crippen molar-refractivity contribution in [1.29, 1.82) is 0 Å². The van der Waals surface area contributed by atoms with E-state index >= 15 is 0 Å². The van der Waals surface area contributed by atoms with Gasteiger partial charge in [-0.1, -0.05) is 6.07 Å². The highest BCUT2D eigenvalue weighted by Gasteiger charge is 2.32. The molecule has 0 fully saturated rings. The highest BCUT2D eigenvalue weighted by molar-refractivity contribution is 5.94. The van der Waals surface area contributed by atoms with Crippen LogP contribution in [0.25, 0.3) is 5.69 Å². The Balaban J connectivity index is 1.84.